The fraction of sp³-hybridized carbons (Fsp3) is 0.429. The van der Waals surface area contributed by atoms with E-state index in [1.165, 1.54) is 7.11 Å². The summed E-state index contributed by atoms with van der Waals surface area (Å²) < 4.78 is 10.8. The van der Waals surface area contributed by atoms with Crippen molar-refractivity contribution in [1.29, 1.82) is 0 Å². The summed E-state index contributed by atoms with van der Waals surface area (Å²) in [5, 5.41) is 8.63. The highest BCUT2D eigenvalue weighted by Gasteiger charge is 2.17. The molecular formula is C14H18O5. The molecule has 19 heavy (non-hydrogen) atoms. The van der Waals surface area contributed by atoms with Gasteiger partial charge in [-0.2, -0.15) is 0 Å². The van der Waals surface area contributed by atoms with E-state index >= 15 is 0 Å². The quantitative estimate of drug-likeness (QED) is 0.576. The van der Waals surface area contributed by atoms with E-state index in [0.29, 0.717) is 23.7 Å². The van der Waals surface area contributed by atoms with Gasteiger partial charge in [0.15, 0.2) is 11.5 Å². The first-order valence-electron chi connectivity index (χ1n) is 6.15. The molecule has 104 valence electrons. The number of unbranched alkanes of at least 4 members (excludes halogenated alkanes) is 1. The van der Waals surface area contributed by atoms with E-state index in [1.54, 1.807) is 18.2 Å². The molecule has 5 nitrogen and oxygen atoms in total. The number of rotatable bonds is 8. The van der Waals surface area contributed by atoms with Crippen LogP contribution < -0.4 is 9.47 Å². The molecule has 0 heterocycles. The standard InChI is InChI=1S/C14H18O5/c1-3-4-8-19-12-7-5-6-10(13(12)18-2)9-11(15)14(16)17/h5-7H,3-4,8-9H2,1-2H3,(H,16,17). The molecule has 0 fully saturated rings. The fourth-order valence-corrected chi connectivity index (χ4v) is 1.62. The topological polar surface area (TPSA) is 72.8 Å². The molecule has 0 amide bonds. The van der Waals surface area contributed by atoms with Crippen LogP contribution in [0.3, 0.4) is 0 Å². The molecule has 0 saturated heterocycles. The lowest BCUT2D eigenvalue weighted by Crippen LogP contribution is -2.15. The Hall–Kier alpha value is -2.04. The lowest BCUT2D eigenvalue weighted by Gasteiger charge is -2.13. The third kappa shape index (κ3) is 4.28. The number of hydrogen-bond donors (Lipinski definition) is 1. The molecule has 1 aromatic rings. The van der Waals surface area contributed by atoms with Crippen LogP contribution in [0.1, 0.15) is 25.3 Å². The molecule has 5 heteroatoms. The zero-order valence-electron chi connectivity index (χ0n) is 11.1. The van der Waals surface area contributed by atoms with Crippen LogP contribution in [-0.2, 0) is 16.0 Å². The minimum Gasteiger partial charge on any atom is -0.493 e. The summed E-state index contributed by atoms with van der Waals surface area (Å²) >= 11 is 0. The maximum Gasteiger partial charge on any atom is 0.372 e. The van der Waals surface area contributed by atoms with Crippen LogP contribution >= 0.6 is 0 Å². The number of hydrogen-bond acceptors (Lipinski definition) is 4. The van der Waals surface area contributed by atoms with E-state index in [1.807, 2.05) is 0 Å². The monoisotopic (exact) mass is 266 g/mol. The normalized spacial score (nSPS) is 10.0. The second-order valence-electron chi connectivity index (χ2n) is 4.06. The zero-order chi connectivity index (χ0) is 14.3. The molecule has 0 atom stereocenters. The number of Topliss-reactive ketones (excluding diaryl/α,β-unsaturated/α-hetero) is 1. The number of carboxylic acids is 1. The molecule has 0 bridgehead atoms. The van der Waals surface area contributed by atoms with Gasteiger partial charge in [-0.05, 0) is 12.5 Å². The first-order chi connectivity index (χ1) is 9.10. The largest absolute Gasteiger partial charge is 0.493 e. The van der Waals surface area contributed by atoms with Crippen LogP contribution in [0.25, 0.3) is 0 Å². The first-order valence-corrected chi connectivity index (χ1v) is 6.15. The predicted octanol–water partition coefficient (Wildman–Crippen LogP) is 2.07. The van der Waals surface area contributed by atoms with E-state index in [0.717, 1.165) is 12.8 Å². The van der Waals surface area contributed by atoms with Crippen LogP contribution in [0, 0.1) is 0 Å². The molecule has 0 aromatic heterocycles. The van der Waals surface area contributed by atoms with Gasteiger partial charge in [-0.1, -0.05) is 25.5 Å². The molecule has 1 N–H and O–H groups in total. The van der Waals surface area contributed by atoms with Crippen molar-refractivity contribution in [3.05, 3.63) is 23.8 Å². The average Bonchev–Trinajstić information content (AvgIpc) is 2.39. The van der Waals surface area contributed by atoms with Gasteiger partial charge in [-0.25, -0.2) is 4.79 Å². The number of aliphatic carboxylic acids is 1. The Bertz CT molecular complexity index is 453. The molecule has 0 unspecified atom stereocenters. The van der Waals surface area contributed by atoms with Gasteiger partial charge in [0.25, 0.3) is 0 Å². The van der Waals surface area contributed by atoms with Crippen LogP contribution in [-0.4, -0.2) is 30.6 Å². The summed E-state index contributed by atoms with van der Waals surface area (Å²) in [5.74, 6) is -1.36. The van der Waals surface area contributed by atoms with Crippen molar-refractivity contribution in [2.45, 2.75) is 26.2 Å². The van der Waals surface area contributed by atoms with Gasteiger partial charge in [0, 0.05) is 12.0 Å². The molecule has 0 aliphatic carbocycles. The minimum absolute atomic E-state index is 0.205. The molecule has 1 aromatic carbocycles. The highest BCUT2D eigenvalue weighted by molar-refractivity contribution is 6.33. The Labute approximate surface area is 112 Å². The van der Waals surface area contributed by atoms with Gasteiger partial charge < -0.3 is 14.6 Å². The molecule has 0 spiro atoms. The van der Waals surface area contributed by atoms with Gasteiger partial charge in [0.1, 0.15) is 0 Å². The average molecular weight is 266 g/mol. The lowest BCUT2D eigenvalue weighted by atomic mass is 10.1. The van der Waals surface area contributed by atoms with Crippen molar-refractivity contribution in [2.24, 2.45) is 0 Å². The van der Waals surface area contributed by atoms with E-state index in [2.05, 4.69) is 6.92 Å². The Morgan fingerprint density at radius 3 is 2.63 bits per heavy atom. The third-order valence-corrected chi connectivity index (χ3v) is 2.61. The van der Waals surface area contributed by atoms with Gasteiger partial charge in [-0.15, -0.1) is 0 Å². The second kappa shape index (κ2) is 7.41. The van der Waals surface area contributed by atoms with Crippen molar-refractivity contribution in [3.63, 3.8) is 0 Å². The summed E-state index contributed by atoms with van der Waals surface area (Å²) in [4.78, 5) is 21.8. The molecule has 0 aliphatic heterocycles. The number of ether oxygens (including phenoxy) is 2. The molecular weight excluding hydrogens is 248 g/mol. The van der Waals surface area contributed by atoms with Gasteiger partial charge in [0.05, 0.1) is 13.7 Å². The Morgan fingerprint density at radius 2 is 2.05 bits per heavy atom. The highest BCUT2D eigenvalue weighted by atomic mass is 16.5. The predicted molar refractivity (Wildman–Crippen MR) is 69.7 cm³/mol. The zero-order valence-corrected chi connectivity index (χ0v) is 11.1. The van der Waals surface area contributed by atoms with Crippen LogP contribution in [0.5, 0.6) is 11.5 Å². The van der Waals surface area contributed by atoms with E-state index in [-0.39, 0.29) is 6.42 Å². The van der Waals surface area contributed by atoms with E-state index in [4.69, 9.17) is 14.6 Å². The summed E-state index contributed by atoms with van der Waals surface area (Å²) in [6.07, 6.45) is 1.73. The van der Waals surface area contributed by atoms with Crippen molar-refractivity contribution >= 4 is 11.8 Å². The minimum atomic E-state index is -1.45. The maximum atomic E-state index is 11.3. The fourth-order valence-electron chi connectivity index (χ4n) is 1.62. The number of para-hydroxylation sites is 1. The van der Waals surface area contributed by atoms with Crippen LogP contribution in [0.2, 0.25) is 0 Å². The van der Waals surface area contributed by atoms with E-state index < -0.39 is 11.8 Å². The molecule has 1 rings (SSSR count). The molecule has 0 aliphatic rings. The Kier molecular flexibility index (Phi) is 5.85. The van der Waals surface area contributed by atoms with Gasteiger partial charge in [0.2, 0.25) is 5.78 Å². The van der Waals surface area contributed by atoms with Crippen molar-refractivity contribution < 1.29 is 24.2 Å². The maximum absolute atomic E-state index is 11.3. The third-order valence-electron chi connectivity index (χ3n) is 2.61. The number of carbonyl (C=O) groups excluding carboxylic acids is 1. The highest BCUT2D eigenvalue weighted by Crippen LogP contribution is 2.31. The van der Waals surface area contributed by atoms with Crippen molar-refractivity contribution in [3.8, 4) is 11.5 Å². The number of carboxylic acid groups (broad SMARTS) is 1. The van der Waals surface area contributed by atoms with Gasteiger partial charge >= 0.3 is 5.97 Å². The summed E-state index contributed by atoms with van der Waals surface area (Å²) in [7, 11) is 1.47. The van der Waals surface area contributed by atoms with Crippen LogP contribution in [0.4, 0.5) is 0 Å². The number of methoxy groups -OCH3 is 1. The van der Waals surface area contributed by atoms with Crippen molar-refractivity contribution in [2.75, 3.05) is 13.7 Å². The number of benzene rings is 1. The molecule has 0 saturated carbocycles. The van der Waals surface area contributed by atoms with E-state index in [9.17, 15) is 9.59 Å². The SMILES string of the molecule is CCCCOc1cccc(CC(=O)C(=O)O)c1OC. The Morgan fingerprint density at radius 1 is 1.32 bits per heavy atom. The number of ketones is 1. The lowest BCUT2D eigenvalue weighted by molar-refractivity contribution is -0.148. The van der Waals surface area contributed by atoms with Crippen molar-refractivity contribution in [1.82, 2.24) is 0 Å². The first kappa shape index (κ1) is 15.0. The Balaban J connectivity index is 2.89. The van der Waals surface area contributed by atoms with Gasteiger partial charge in [-0.3, -0.25) is 4.79 Å². The summed E-state index contributed by atoms with van der Waals surface area (Å²) in [5.41, 5.74) is 0.517. The summed E-state index contributed by atoms with van der Waals surface area (Å²) in [6.45, 7) is 2.62. The molecule has 0 radical (unpaired) electrons. The summed E-state index contributed by atoms with van der Waals surface area (Å²) in [6, 6.07) is 5.11. The van der Waals surface area contributed by atoms with Crippen LogP contribution in [0.15, 0.2) is 18.2 Å². The second-order valence-corrected chi connectivity index (χ2v) is 4.06. The smallest absolute Gasteiger partial charge is 0.372 e. The number of carbonyl (C=O) groups is 2.